The van der Waals surface area contributed by atoms with Gasteiger partial charge in [0.15, 0.2) is 12.4 Å². The third kappa shape index (κ3) is 3.76. The number of carbonyl (C=O) groups is 1. The number of benzene rings is 1. The highest BCUT2D eigenvalue weighted by Crippen LogP contribution is 2.30. The molecule has 0 spiro atoms. The second-order valence-electron chi connectivity index (χ2n) is 7.89. The van der Waals surface area contributed by atoms with Crippen LogP contribution in [0.15, 0.2) is 18.2 Å². The lowest BCUT2D eigenvalue weighted by atomic mass is 9.99. The molecule has 1 aromatic heterocycles. The number of ether oxygens (including phenoxy) is 2. The molecule has 7 heteroatoms. The van der Waals surface area contributed by atoms with Crippen molar-refractivity contribution in [3.63, 3.8) is 0 Å². The summed E-state index contributed by atoms with van der Waals surface area (Å²) < 4.78 is 13.4. The molecule has 1 aromatic carbocycles. The van der Waals surface area contributed by atoms with Crippen molar-refractivity contribution in [1.82, 2.24) is 19.7 Å². The minimum Gasteiger partial charge on any atom is -0.484 e. The summed E-state index contributed by atoms with van der Waals surface area (Å²) in [6, 6.07) is 6.05. The van der Waals surface area contributed by atoms with Crippen molar-refractivity contribution in [3.8, 4) is 5.75 Å². The molecule has 1 amide bonds. The van der Waals surface area contributed by atoms with Gasteiger partial charge in [-0.1, -0.05) is 6.07 Å². The van der Waals surface area contributed by atoms with Crippen molar-refractivity contribution in [2.24, 2.45) is 0 Å². The first-order chi connectivity index (χ1) is 13.5. The van der Waals surface area contributed by atoms with Gasteiger partial charge in [-0.25, -0.2) is 0 Å². The summed E-state index contributed by atoms with van der Waals surface area (Å²) in [5.41, 5.74) is 2.37. The number of amides is 1. The molecule has 0 N–H and O–H groups in total. The lowest BCUT2D eigenvalue weighted by Crippen LogP contribution is -2.43. The van der Waals surface area contributed by atoms with Crippen molar-refractivity contribution >= 4 is 5.91 Å². The van der Waals surface area contributed by atoms with Crippen LogP contribution < -0.4 is 4.74 Å². The van der Waals surface area contributed by atoms with Crippen LogP contribution in [0.1, 0.15) is 54.5 Å². The maximum atomic E-state index is 12.7. The summed E-state index contributed by atoms with van der Waals surface area (Å²) in [5.74, 6) is 3.01. The van der Waals surface area contributed by atoms with E-state index in [1.165, 1.54) is 5.56 Å². The SMILES string of the molecule is Cc1ccc(OCC(=O)N2Cc3nnc(C4CCOCC4)n3[C@@H](C)C2)cc1C. The maximum absolute atomic E-state index is 12.7. The van der Waals surface area contributed by atoms with Gasteiger partial charge < -0.3 is 18.9 Å². The maximum Gasteiger partial charge on any atom is 0.260 e. The van der Waals surface area contributed by atoms with E-state index in [1.807, 2.05) is 30.0 Å². The Morgan fingerprint density at radius 3 is 2.75 bits per heavy atom. The van der Waals surface area contributed by atoms with Gasteiger partial charge in [-0.3, -0.25) is 4.79 Å². The van der Waals surface area contributed by atoms with Crippen molar-refractivity contribution < 1.29 is 14.3 Å². The molecule has 7 nitrogen and oxygen atoms in total. The minimum absolute atomic E-state index is 0.0213. The Balaban J connectivity index is 1.41. The van der Waals surface area contributed by atoms with Gasteiger partial charge in [0.25, 0.3) is 5.91 Å². The van der Waals surface area contributed by atoms with Crippen LogP contribution in [-0.4, -0.2) is 51.9 Å². The number of rotatable bonds is 4. The van der Waals surface area contributed by atoms with Gasteiger partial charge in [-0.2, -0.15) is 0 Å². The standard InChI is InChI=1S/C21H28N4O3/c1-14-4-5-18(10-15(14)2)28-13-20(26)24-11-16(3)25-19(12-24)22-23-21(25)17-6-8-27-9-7-17/h4-5,10,16-17H,6-9,11-13H2,1-3H3/t16-/m0/s1. The van der Waals surface area contributed by atoms with Crippen LogP contribution >= 0.6 is 0 Å². The van der Waals surface area contributed by atoms with Crippen LogP contribution in [0.4, 0.5) is 0 Å². The van der Waals surface area contributed by atoms with Gasteiger partial charge in [-0.05, 0) is 56.9 Å². The Labute approximate surface area is 165 Å². The number of carbonyl (C=O) groups excluding carboxylic acids is 1. The lowest BCUT2D eigenvalue weighted by Gasteiger charge is -2.34. The van der Waals surface area contributed by atoms with E-state index in [1.54, 1.807) is 0 Å². The number of nitrogens with zero attached hydrogens (tertiary/aromatic N) is 4. The molecular formula is C21H28N4O3. The predicted octanol–water partition coefficient (Wildman–Crippen LogP) is 2.77. The van der Waals surface area contributed by atoms with E-state index in [0.29, 0.717) is 19.0 Å². The first-order valence-corrected chi connectivity index (χ1v) is 10.0. The van der Waals surface area contributed by atoms with Gasteiger partial charge in [0.2, 0.25) is 0 Å². The smallest absolute Gasteiger partial charge is 0.260 e. The Morgan fingerprint density at radius 2 is 2.00 bits per heavy atom. The summed E-state index contributed by atoms with van der Waals surface area (Å²) in [4.78, 5) is 14.5. The first kappa shape index (κ1) is 18.9. The number of hydrogen-bond acceptors (Lipinski definition) is 5. The van der Waals surface area contributed by atoms with Crippen LogP contribution in [0.2, 0.25) is 0 Å². The van der Waals surface area contributed by atoms with E-state index in [9.17, 15) is 4.79 Å². The van der Waals surface area contributed by atoms with E-state index >= 15 is 0 Å². The summed E-state index contributed by atoms with van der Waals surface area (Å²) in [7, 11) is 0. The monoisotopic (exact) mass is 384 g/mol. The zero-order valence-electron chi connectivity index (χ0n) is 16.9. The Morgan fingerprint density at radius 1 is 1.21 bits per heavy atom. The van der Waals surface area contributed by atoms with E-state index in [4.69, 9.17) is 9.47 Å². The van der Waals surface area contributed by atoms with Crippen molar-refractivity contribution in [2.75, 3.05) is 26.4 Å². The van der Waals surface area contributed by atoms with E-state index in [0.717, 1.165) is 49.0 Å². The van der Waals surface area contributed by atoms with E-state index in [2.05, 4.69) is 28.6 Å². The summed E-state index contributed by atoms with van der Waals surface area (Å²) in [5, 5.41) is 8.86. The fourth-order valence-corrected chi connectivity index (χ4v) is 4.03. The number of aromatic nitrogens is 3. The number of hydrogen-bond donors (Lipinski definition) is 0. The van der Waals surface area contributed by atoms with Crippen molar-refractivity contribution in [1.29, 1.82) is 0 Å². The highest BCUT2D eigenvalue weighted by atomic mass is 16.5. The average molecular weight is 384 g/mol. The van der Waals surface area contributed by atoms with Gasteiger partial charge in [0, 0.05) is 25.7 Å². The molecule has 28 heavy (non-hydrogen) atoms. The fraction of sp³-hybridized carbons (Fsp3) is 0.571. The summed E-state index contributed by atoms with van der Waals surface area (Å²) in [6.45, 7) is 8.95. The first-order valence-electron chi connectivity index (χ1n) is 10.0. The second-order valence-corrected chi connectivity index (χ2v) is 7.89. The summed E-state index contributed by atoms with van der Waals surface area (Å²) in [6.07, 6.45) is 1.97. The van der Waals surface area contributed by atoms with Crippen LogP contribution in [0.5, 0.6) is 5.75 Å². The van der Waals surface area contributed by atoms with Gasteiger partial charge in [-0.15, -0.1) is 10.2 Å². The number of aryl methyl sites for hydroxylation is 2. The van der Waals surface area contributed by atoms with Gasteiger partial charge >= 0.3 is 0 Å². The van der Waals surface area contributed by atoms with Gasteiger partial charge in [0.1, 0.15) is 11.6 Å². The Bertz CT molecular complexity index is 857. The molecule has 0 radical (unpaired) electrons. The zero-order valence-corrected chi connectivity index (χ0v) is 16.9. The molecule has 2 aliphatic heterocycles. The fourth-order valence-electron chi connectivity index (χ4n) is 4.03. The van der Waals surface area contributed by atoms with Crippen LogP contribution in [0.25, 0.3) is 0 Å². The normalized spacial score (nSPS) is 20.1. The minimum atomic E-state index is -0.0213. The molecule has 1 atom stereocenters. The molecule has 1 saturated heterocycles. The second kappa shape index (κ2) is 7.91. The van der Waals surface area contributed by atoms with Crippen LogP contribution in [-0.2, 0) is 16.1 Å². The topological polar surface area (TPSA) is 69.5 Å². The van der Waals surface area contributed by atoms with Crippen molar-refractivity contribution in [3.05, 3.63) is 41.0 Å². The quantitative estimate of drug-likeness (QED) is 0.811. The predicted molar refractivity (Wildman–Crippen MR) is 104 cm³/mol. The highest BCUT2D eigenvalue weighted by molar-refractivity contribution is 5.77. The molecule has 2 aromatic rings. The molecule has 1 fully saturated rings. The molecule has 0 aliphatic carbocycles. The Hall–Kier alpha value is -2.41. The van der Waals surface area contributed by atoms with Crippen LogP contribution in [0.3, 0.4) is 0 Å². The Kier molecular flexibility index (Phi) is 5.35. The van der Waals surface area contributed by atoms with Gasteiger partial charge in [0.05, 0.1) is 12.6 Å². The molecule has 0 bridgehead atoms. The molecule has 0 saturated carbocycles. The van der Waals surface area contributed by atoms with Crippen molar-refractivity contribution in [2.45, 2.75) is 52.1 Å². The van der Waals surface area contributed by atoms with E-state index < -0.39 is 0 Å². The number of fused-ring (bicyclic) bond motifs is 1. The highest BCUT2D eigenvalue weighted by Gasteiger charge is 2.32. The van der Waals surface area contributed by atoms with E-state index in [-0.39, 0.29) is 18.6 Å². The summed E-state index contributed by atoms with van der Waals surface area (Å²) >= 11 is 0. The average Bonchev–Trinajstić information content (AvgIpc) is 3.14. The third-order valence-electron chi connectivity index (χ3n) is 5.83. The molecular weight excluding hydrogens is 356 g/mol. The zero-order chi connectivity index (χ0) is 19.7. The molecule has 150 valence electrons. The molecule has 0 unspecified atom stereocenters. The third-order valence-corrected chi connectivity index (χ3v) is 5.83. The van der Waals surface area contributed by atoms with Crippen LogP contribution in [0, 0.1) is 13.8 Å². The lowest BCUT2D eigenvalue weighted by molar-refractivity contribution is -0.135. The molecule has 4 rings (SSSR count). The molecule has 2 aliphatic rings. The molecule has 3 heterocycles. The largest absolute Gasteiger partial charge is 0.484 e.